The summed E-state index contributed by atoms with van der Waals surface area (Å²) in [6.07, 6.45) is 8.84. The molecule has 0 bridgehead atoms. The number of oxazole rings is 2. The van der Waals surface area contributed by atoms with Gasteiger partial charge in [0, 0.05) is 10.8 Å². The number of dihydropyridines is 1. The molecule has 0 saturated heterocycles. The van der Waals surface area contributed by atoms with Crippen LogP contribution in [0.1, 0.15) is 64.7 Å². The van der Waals surface area contributed by atoms with E-state index in [0.717, 1.165) is 11.4 Å². The lowest BCUT2D eigenvalue weighted by Crippen LogP contribution is -2.36. The molecule has 0 spiro atoms. The Bertz CT molecular complexity index is 833. The highest BCUT2D eigenvalue weighted by atomic mass is 35.5. The SMILES string of the molecule is CC(C)(C)c1coc(C2=CC=C[C@](Cl)(c3nc(C(C)(C)C)co3)N2)n1. The largest absolute Gasteiger partial charge is 0.445 e. The van der Waals surface area contributed by atoms with E-state index in [9.17, 15) is 0 Å². The Morgan fingerprint density at radius 1 is 0.960 bits per heavy atom. The van der Waals surface area contributed by atoms with Crippen LogP contribution in [0.4, 0.5) is 0 Å². The molecular weight excluding hydrogens is 338 g/mol. The van der Waals surface area contributed by atoms with E-state index in [1.54, 1.807) is 18.6 Å². The minimum Gasteiger partial charge on any atom is -0.445 e. The highest BCUT2D eigenvalue weighted by molar-refractivity contribution is 6.25. The van der Waals surface area contributed by atoms with Crippen molar-refractivity contribution in [3.63, 3.8) is 0 Å². The Balaban J connectivity index is 1.88. The second-order valence-electron chi connectivity index (χ2n) is 8.35. The number of nitrogens with one attached hydrogen (secondary N) is 1. The zero-order valence-electron chi connectivity index (χ0n) is 15.5. The molecule has 1 aliphatic heterocycles. The van der Waals surface area contributed by atoms with Crippen molar-refractivity contribution in [2.45, 2.75) is 57.4 Å². The first-order valence-electron chi connectivity index (χ1n) is 8.28. The lowest BCUT2D eigenvalue weighted by Gasteiger charge is -2.26. The summed E-state index contributed by atoms with van der Waals surface area (Å²) in [5, 5.41) is 3.22. The van der Waals surface area contributed by atoms with Gasteiger partial charge >= 0.3 is 0 Å². The average Bonchev–Trinajstić information content (AvgIpc) is 3.16. The molecule has 2 aromatic rings. The lowest BCUT2D eigenvalue weighted by molar-refractivity contribution is 0.429. The number of allylic oxidation sites excluding steroid dienone is 2. The molecule has 0 aliphatic carbocycles. The molecule has 0 unspecified atom stereocenters. The molecule has 0 amide bonds. The molecular formula is C19H24ClN3O2. The van der Waals surface area contributed by atoms with Crippen LogP contribution in [0, 0.1) is 0 Å². The van der Waals surface area contributed by atoms with Crippen LogP contribution in [-0.2, 0) is 15.8 Å². The second-order valence-corrected chi connectivity index (χ2v) is 8.95. The Hall–Kier alpha value is -2.01. The van der Waals surface area contributed by atoms with Gasteiger partial charge in [-0.1, -0.05) is 59.2 Å². The van der Waals surface area contributed by atoms with Gasteiger partial charge in [0.15, 0.2) is 0 Å². The predicted octanol–water partition coefficient (Wildman–Crippen LogP) is 4.85. The van der Waals surface area contributed by atoms with Gasteiger partial charge in [-0.2, -0.15) is 0 Å². The zero-order valence-corrected chi connectivity index (χ0v) is 16.2. The van der Waals surface area contributed by atoms with Crippen LogP contribution in [0.5, 0.6) is 0 Å². The number of nitrogens with zero attached hydrogens (tertiary/aromatic N) is 2. The molecule has 1 atom stereocenters. The second kappa shape index (κ2) is 5.77. The van der Waals surface area contributed by atoms with Crippen LogP contribution < -0.4 is 5.32 Å². The molecule has 3 heterocycles. The van der Waals surface area contributed by atoms with Crippen molar-refractivity contribution < 1.29 is 8.83 Å². The molecule has 0 aromatic carbocycles. The maximum absolute atomic E-state index is 6.74. The van der Waals surface area contributed by atoms with Crippen molar-refractivity contribution in [3.05, 3.63) is 53.9 Å². The molecule has 0 saturated carbocycles. The van der Waals surface area contributed by atoms with Gasteiger partial charge in [-0.3, -0.25) is 0 Å². The van der Waals surface area contributed by atoms with E-state index < -0.39 is 5.00 Å². The van der Waals surface area contributed by atoms with Gasteiger partial charge in [-0.25, -0.2) is 9.97 Å². The van der Waals surface area contributed by atoms with E-state index in [1.807, 2.05) is 12.2 Å². The Morgan fingerprint density at radius 3 is 2.12 bits per heavy atom. The molecule has 0 fully saturated rings. The van der Waals surface area contributed by atoms with Crippen molar-refractivity contribution in [1.29, 1.82) is 0 Å². The number of halogens is 1. The summed E-state index contributed by atoms with van der Waals surface area (Å²) in [5.41, 5.74) is 2.21. The summed E-state index contributed by atoms with van der Waals surface area (Å²) in [6.45, 7) is 12.5. The van der Waals surface area contributed by atoms with Gasteiger partial charge < -0.3 is 14.2 Å². The number of aromatic nitrogens is 2. The number of alkyl halides is 1. The van der Waals surface area contributed by atoms with Crippen LogP contribution in [0.25, 0.3) is 5.70 Å². The van der Waals surface area contributed by atoms with Crippen molar-refractivity contribution in [2.75, 3.05) is 0 Å². The summed E-state index contributed by atoms with van der Waals surface area (Å²) in [5.74, 6) is 0.880. The van der Waals surface area contributed by atoms with Gasteiger partial charge in [-0.15, -0.1) is 0 Å². The summed E-state index contributed by atoms with van der Waals surface area (Å²) in [4.78, 5) is 8.05. The molecule has 134 valence electrons. The minimum atomic E-state index is -1.08. The normalized spacial score (nSPS) is 21.2. The summed E-state index contributed by atoms with van der Waals surface area (Å²) in [7, 11) is 0. The third-order valence-corrected chi connectivity index (χ3v) is 4.37. The van der Waals surface area contributed by atoms with E-state index in [4.69, 9.17) is 20.4 Å². The maximum Gasteiger partial charge on any atom is 0.242 e. The smallest absolute Gasteiger partial charge is 0.242 e. The molecule has 5 nitrogen and oxygen atoms in total. The van der Waals surface area contributed by atoms with Gasteiger partial charge in [0.05, 0.1) is 17.1 Å². The molecule has 25 heavy (non-hydrogen) atoms. The van der Waals surface area contributed by atoms with Gasteiger partial charge in [0.25, 0.3) is 0 Å². The summed E-state index contributed by atoms with van der Waals surface area (Å²) in [6, 6.07) is 0. The third kappa shape index (κ3) is 3.52. The van der Waals surface area contributed by atoms with Crippen molar-refractivity contribution >= 4 is 17.3 Å². The van der Waals surface area contributed by atoms with Crippen LogP contribution in [-0.4, -0.2) is 9.97 Å². The predicted molar refractivity (Wildman–Crippen MR) is 98.2 cm³/mol. The van der Waals surface area contributed by atoms with Crippen molar-refractivity contribution in [3.8, 4) is 0 Å². The number of hydrogen-bond acceptors (Lipinski definition) is 5. The van der Waals surface area contributed by atoms with E-state index in [-0.39, 0.29) is 10.8 Å². The quantitative estimate of drug-likeness (QED) is 0.611. The van der Waals surface area contributed by atoms with Crippen LogP contribution in [0.3, 0.4) is 0 Å². The number of hydrogen-bond donors (Lipinski definition) is 1. The zero-order chi connectivity index (χ0) is 18.5. The maximum atomic E-state index is 6.74. The molecule has 0 radical (unpaired) electrons. The molecule has 2 aromatic heterocycles. The van der Waals surface area contributed by atoms with Crippen molar-refractivity contribution in [1.82, 2.24) is 15.3 Å². The van der Waals surface area contributed by atoms with Crippen LogP contribution in [0.2, 0.25) is 0 Å². The molecule has 1 N–H and O–H groups in total. The first-order valence-corrected chi connectivity index (χ1v) is 8.66. The van der Waals surface area contributed by atoms with E-state index in [0.29, 0.717) is 17.5 Å². The van der Waals surface area contributed by atoms with E-state index in [2.05, 4.69) is 56.8 Å². The fourth-order valence-corrected chi connectivity index (χ4v) is 2.59. The topological polar surface area (TPSA) is 64.1 Å². The van der Waals surface area contributed by atoms with Gasteiger partial charge in [0.2, 0.25) is 16.8 Å². The molecule has 3 rings (SSSR count). The Morgan fingerprint density at radius 2 is 1.56 bits per heavy atom. The summed E-state index contributed by atoms with van der Waals surface area (Å²) >= 11 is 6.74. The van der Waals surface area contributed by atoms with Crippen molar-refractivity contribution in [2.24, 2.45) is 0 Å². The minimum absolute atomic E-state index is 0.0882. The first kappa shape index (κ1) is 17.8. The van der Waals surface area contributed by atoms with Gasteiger partial charge in [-0.05, 0) is 12.2 Å². The molecule has 6 heteroatoms. The standard InChI is InChI=1S/C19H24ClN3O2/c1-17(2,3)13-10-24-15(21-13)12-8-7-9-19(20,23-12)16-22-14(11-25-16)18(4,5)6/h7-11,23H,1-6H3/t19-/m1/s1. The molecule has 1 aliphatic rings. The highest BCUT2D eigenvalue weighted by Gasteiger charge is 2.37. The highest BCUT2D eigenvalue weighted by Crippen LogP contribution is 2.35. The fraction of sp³-hybridized carbons (Fsp3) is 0.474. The van der Waals surface area contributed by atoms with E-state index in [1.165, 1.54) is 0 Å². The Kier molecular flexibility index (Phi) is 4.11. The van der Waals surface area contributed by atoms with Crippen LogP contribution in [0.15, 0.2) is 39.6 Å². The van der Waals surface area contributed by atoms with Crippen LogP contribution >= 0.6 is 11.6 Å². The number of rotatable bonds is 2. The third-order valence-electron chi connectivity index (χ3n) is 3.99. The fourth-order valence-electron chi connectivity index (χ4n) is 2.33. The Labute approximate surface area is 153 Å². The summed E-state index contributed by atoms with van der Waals surface area (Å²) < 4.78 is 11.3. The lowest BCUT2D eigenvalue weighted by atomic mass is 9.93. The van der Waals surface area contributed by atoms with Gasteiger partial charge in [0.1, 0.15) is 12.5 Å². The van der Waals surface area contributed by atoms with E-state index >= 15 is 0 Å². The first-order chi connectivity index (χ1) is 11.5. The monoisotopic (exact) mass is 361 g/mol. The average molecular weight is 362 g/mol.